The van der Waals surface area contributed by atoms with E-state index in [1.807, 2.05) is 7.05 Å². The number of hydrogen-bond acceptors (Lipinski definition) is 7. The van der Waals surface area contributed by atoms with E-state index in [4.69, 9.17) is 5.84 Å². The summed E-state index contributed by atoms with van der Waals surface area (Å²) in [5, 5.41) is 0. The summed E-state index contributed by atoms with van der Waals surface area (Å²) in [6.07, 6.45) is 3.26. The van der Waals surface area contributed by atoms with Crippen LogP contribution in [0.4, 0.5) is 5.95 Å². The summed E-state index contributed by atoms with van der Waals surface area (Å²) in [5.41, 5.74) is 2.24. The molecule has 1 unspecified atom stereocenters. The van der Waals surface area contributed by atoms with Crippen molar-refractivity contribution in [2.45, 2.75) is 17.4 Å². The molecule has 0 aromatic carbocycles. The van der Waals surface area contributed by atoms with E-state index in [9.17, 15) is 8.42 Å². The molecule has 8 nitrogen and oxygen atoms in total. The number of nitrogens with zero attached hydrogens (tertiary/aromatic N) is 3. The number of anilines is 1. The zero-order valence-electron chi connectivity index (χ0n) is 10.00. The summed E-state index contributed by atoms with van der Waals surface area (Å²) < 4.78 is 26.7. The van der Waals surface area contributed by atoms with Crippen molar-refractivity contribution in [1.29, 1.82) is 0 Å². The Hall–Kier alpha value is -1.29. The van der Waals surface area contributed by atoms with Gasteiger partial charge in [-0.1, -0.05) is 0 Å². The van der Waals surface area contributed by atoms with E-state index in [-0.39, 0.29) is 16.9 Å². The van der Waals surface area contributed by atoms with Crippen molar-refractivity contribution < 1.29 is 8.42 Å². The Balaban J connectivity index is 2.10. The van der Waals surface area contributed by atoms with Gasteiger partial charge in [0.1, 0.15) is 4.90 Å². The molecule has 0 bridgehead atoms. The standard InChI is InChI=1S/C9H16N6O2S/c1-15-3-2-7(6-15)14-18(16,17)8-4-11-9(13-10)12-5-8/h4-5,7,14H,2-3,6,10H2,1H3,(H,11,12,13). The third kappa shape index (κ3) is 2.93. The fraction of sp³-hybridized carbons (Fsp3) is 0.556. The van der Waals surface area contributed by atoms with Crippen molar-refractivity contribution in [3.8, 4) is 0 Å². The van der Waals surface area contributed by atoms with Gasteiger partial charge in [0.25, 0.3) is 0 Å². The minimum absolute atomic E-state index is 0.0380. The Morgan fingerprint density at radius 3 is 2.61 bits per heavy atom. The van der Waals surface area contributed by atoms with Gasteiger partial charge in [0, 0.05) is 12.6 Å². The molecule has 1 aliphatic heterocycles. The Labute approximate surface area is 106 Å². The molecule has 0 amide bonds. The van der Waals surface area contributed by atoms with Crippen molar-refractivity contribution in [2.24, 2.45) is 5.84 Å². The summed E-state index contributed by atoms with van der Waals surface area (Å²) in [7, 11) is -1.60. The molecule has 100 valence electrons. The number of likely N-dealkylation sites (N-methyl/N-ethyl adjacent to an activating group) is 1. The summed E-state index contributed by atoms with van der Waals surface area (Å²) in [6.45, 7) is 1.60. The van der Waals surface area contributed by atoms with E-state index in [1.165, 1.54) is 12.4 Å². The summed E-state index contributed by atoms with van der Waals surface area (Å²) in [5.74, 6) is 5.29. The van der Waals surface area contributed by atoms with Crippen LogP contribution in [-0.2, 0) is 10.0 Å². The minimum atomic E-state index is -3.56. The van der Waals surface area contributed by atoms with Crippen LogP contribution in [0.2, 0.25) is 0 Å². The van der Waals surface area contributed by atoms with Crippen LogP contribution in [0.3, 0.4) is 0 Å². The maximum atomic E-state index is 12.0. The van der Waals surface area contributed by atoms with E-state index >= 15 is 0 Å². The maximum absolute atomic E-state index is 12.0. The molecule has 2 rings (SSSR count). The van der Waals surface area contributed by atoms with Crippen LogP contribution in [0.5, 0.6) is 0 Å². The second-order valence-corrected chi connectivity index (χ2v) is 5.97. The molecular formula is C9H16N6O2S. The highest BCUT2D eigenvalue weighted by Gasteiger charge is 2.25. The van der Waals surface area contributed by atoms with Crippen LogP contribution in [0.25, 0.3) is 0 Å². The summed E-state index contributed by atoms with van der Waals surface area (Å²) in [4.78, 5) is 9.66. The van der Waals surface area contributed by atoms with Crippen molar-refractivity contribution in [1.82, 2.24) is 19.6 Å². The van der Waals surface area contributed by atoms with Gasteiger partial charge >= 0.3 is 0 Å². The van der Waals surface area contributed by atoms with Crippen molar-refractivity contribution >= 4 is 16.0 Å². The van der Waals surface area contributed by atoms with Gasteiger partial charge in [0.2, 0.25) is 16.0 Å². The average molecular weight is 272 g/mol. The number of hydrazine groups is 1. The molecule has 4 N–H and O–H groups in total. The first-order valence-electron chi connectivity index (χ1n) is 5.51. The van der Waals surface area contributed by atoms with Crippen LogP contribution in [-0.4, -0.2) is 49.5 Å². The fourth-order valence-electron chi connectivity index (χ4n) is 1.85. The molecule has 2 heterocycles. The number of nitrogen functional groups attached to an aromatic ring is 1. The second-order valence-electron chi connectivity index (χ2n) is 4.26. The van der Waals surface area contributed by atoms with Gasteiger partial charge in [-0.25, -0.2) is 29.0 Å². The zero-order valence-corrected chi connectivity index (χ0v) is 10.8. The third-order valence-electron chi connectivity index (χ3n) is 2.78. The van der Waals surface area contributed by atoms with Crippen molar-refractivity contribution in [3.05, 3.63) is 12.4 Å². The zero-order chi connectivity index (χ0) is 13.2. The number of sulfonamides is 1. The molecule has 0 spiro atoms. The lowest BCUT2D eigenvalue weighted by Gasteiger charge is -2.13. The van der Waals surface area contributed by atoms with Crippen LogP contribution >= 0.6 is 0 Å². The number of aromatic nitrogens is 2. The molecule has 1 saturated heterocycles. The molecule has 18 heavy (non-hydrogen) atoms. The van der Waals surface area contributed by atoms with Crippen LogP contribution in [0, 0.1) is 0 Å². The third-order valence-corrected chi connectivity index (χ3v) is 4.26. The highest BCUT2D eigenvalue weighted by atomic mass is 32.2. The van der Waals surface area contributed by atoms with Gasteiger partial charge in [0.15, 0.2) is 0 Å². The topological polar surface area (TPSA) is 113 Å². The molecule has 1 atom stereocenters. The molecule has 0 radical (unpaired) electrons. The molecule has 0 aliphatic carbocycles. The second kappa shape index (κ2) is 5.14. The van der Waals surface area contributed by atoms with E-state index in [1.54, 1.807) is 0 Å². The van der Waals surface area contributed by atoms with Crippen molar-refractivity contribution in [2.75, 3.05) is 25.6 Å². The molecule has 0 saturated carbocycles. The first-order valence-corrected chi connectivity index (χ1v) is 6.99. The number of likely N-dealkylation sites (tertiary alicyclic amines) is 1. The highest BCUT2D eigenvalue weighted by molar-refractivity contribution is 7.89. The predicted molar refractivity (Wildman–Crippen MR) is 66.1 cm³/mol. The summed E-state index contributed by atoms with van der Waals surface area (Å²) >= 11 is 0. The van der Waals surface area contributed by atoms with Gasteiger partial charge < -0.3 is 4.90 Å². The minimum Gasteiger partial charge on any atom is -0.305 e. The molecule has 1 aliphatic rings. The molecular weight excluding hydrogens is 256 g/mol. The van der Waals surface area contributed by atoms with E-state index in [0.29, 0.717) is 6.54 Å². The Morgan fingerprint density at radius 1 is 1.44 bits per heavy atom. The SMILES string of the molecule is CN1CCC(NS(=O)(=O)c2cnc(NN)nc2)C1. The molecule has 9 heteroatoms. The van der Waals surface area contributed by atoms with Crippen LogP contribution < -0.4 is 16.0 Å². The van der Waals surface area contributed by atoms with Gasteiger partial charge in [-0.15, -0.1) is 0 Å². The van der Waals surface area contributed by atoms with E-state index < -0.39 is 10.0 Å². The normalized spacial score (nSPS) is 21.1. The fourth-order valence-corrected chi connectivity index (χ4v) is 3.00. The number of nitrogens with two attached hydrogens (primary N) is 1. The molecule has 1 fully saturated rings. The van der Waals surface area contributed by atoms with E-state index in [2.05, 4.69) is 25.0 Å². The van der Waals surface area contributed by atoms with Gasteiger partial charge in [-0.05, 0) is 20.0 Å². The highest BCUT2D eigenvalue weighted by Crippen LogP contribution is 2.12. The Morgan fingerprint density at radius 2 is 2.11 bits per heavy atom. The van der Waals surface area contributed by atoms with Crippen LogP contribution in [0.15, 0.2) is 17.3 Å². The van der Waals surface area contributed by atoms with Crippen LogP contribution in [0.1, 0.15) is 6.42 Å². The first-order chi connectivity index (χ1) is 8.51. The van der Waals surface area contributed by atoms with Gasteiger partial charge in [-0.3, -0.25) is 5.43 Å². The smallest absolute Gasteiger partial charge is 0.243 e. The van der Waals surface area contributed by atoms with Gasteiger partial charge in [-0.2, -0.15) is 0 Å². The monoisotopic (exact) mass is 272 g/mol. The number of nitrogens with one attached hydrogen (secondary N) is 2. The lowest BCUT2D eigenvalue weighted by atomic mass is 10.3. The maximum Gasteiger partial charge on any atom is 0.243 e. The Bertz CT molecular complexity index is 502. The Kier molecular flexibility index (Phi) is 3.76. The molecule has 1 aromatic rings. The lowest BCUT2D eigenvalue weighted by molar-refractivity contribution is 0.407. The lowest BCUT2D eigenvalue weighted by Crippen LogP contribution is -2.36. The van der Waals surface area contributed by atoms with Gasteiger partial charge in [0.05, 0.1) is 12.4 Å². The predicted octanol–water partition coefficient (Wildman–Crippen LogP) is -1.26. The number of rotatable bonds is 4. The van der Waals surface area contributed by atoms with E-state index in [0.717, 1.165) is 13.0 Å². The van der Waals surface area contributed by atoms with Crippen molar-refractivity contribution in [3.63, 3.8) is 0 Å². The summed E-state index contributed by atoms with van der Waals surface area (Å²) in [6, 6.07) is -0.0627. The molecule has 1 aromatic heterocycles. The largest absolute Gasteiger partial charge is 0.305 e. The first kappa shape index (κ1) is 13.1. The quantitative estimate of drug-likeness (QED) is 0.463. The number of hydrogen-bond donors (Lipinski definition) is 3. The average Bonchev–Trinajstić information content (AvgIpc) is 2.74.